The van der Waals surface area contributed by atoms with Crippen LogP contribution in [0.25, 0.3) is 0 Å². The Labute approximate surface area is 120 Å². The number of carbonyl (C=O) groups is 1. The number of carbonyl (C=O) groups excluding carboxylic acids is 1. The van der Waals surface area contributed by atoms with Gasteiger partial charge in [-0.1, -0.05) is 29.3 Å². The zero-order valence-electron chi connectivity index (χ0n) is 10.3. The minimum atomic E-state index is -0.0660. The highest BCUT2D eigenvalue weighted by Crippen LogP contribution is 2.33. The second-order valence-electron chi connectivity index (χ2n) is 4.32. The molecular weight excluding hydrogens is 287 g/mol. The summed E-state index contributed by atoms with van der Waals surface area (Å²) in [5.74, 6) is -0.0660. The van der Waals surface area contributed by atoms with Crippen LogP contribution in [0, 0.1) is 20.8 Å². The monoisotopic (exact) mass is 298 g/mol. The summed E-state index contributed by atoms with van der Waals surface area (Å²) >= 11 is 13.1. The van der Waals surface area contributed by atoms with Gasteiger partial charge in [-0.3, -0.25) is 4.79 Å². The second-order valence-corrected chi connectivity index (χ2v) is 6.60. The predicted molar refractivity (Wildman–Crippen MR) is 78.4 cm³/mol. The molecule has 0 atom stereocenters. The molecule has 0 N–H and O–H groups in total. The molecular formula is C14H12Cl2OS. The second kappa shape index (κ2) is 5.04. The third-order valence-electron chi connectivity index (χ3n) is 2.99. The van der Waals surface area contributed by atoms with Crippen molar-refractivity contribution in [2.75, 3.05) is 0 Å². The van der Waals surface area contributed by atoms with Crippen LogP contribution in [-0.2, 0) is 0 Å². The zero-order valence-corrected chi connectivity index (χ0v) is 12.6. The lowest BCUT2D eigenvalue weighted by molar-refractivity contribution is 0.103. The highest BCUT2D eigenvalue weighted by atomic mass is 35.5. The van der Waals surface area contributed by atoms with Crippen LogP contribution in [-0.4, -0.2) is 5.78 Å². The van der Waals surface area contributed by atoms with Gasteiger partial charge in [-0.15, -0.1) is 11.3 Å². The molecule has 0 aliphatic rings. The Kier molecular flexibility index (Phi) is 3.81. The van der Waals surface area contributed by atoms with Crippen LogP contribution in [0.4, 0.5) is 0 Å². The van der Waals surface area contributed by atoms with E-state index in [4.69, 9.17) is 23.2 Å². The van der Waals surface area contributed by atoms with Crippen molar-refractivity contribution in [1.82, 2.24) is 0 Å². The molecule has 1 aromatic carbocycles. The maximum atomic E-state index is 12.4. The molecule has 2 aromatic rings. The molecule has 1 aromatic heterocycles. The fourth-order valence-corrected chi connectivity index (χ4v) is 3.30. The van der Waals surface area contributed by atoms with Gasteiger partial charge in [-0.2, -0.15) is 0 Å². The fraction of sp³-hybridized carbons (Fsp3) is 0.214. The number of rotatable bonds is 2. The first-order valence-corrected chi connectivity index (χ1v) is 7.04. The summed E-state index contributed by atoms with van der Waals surface area (Å²) in [6.45, 7) is 5.96. The van der Waals surface area contributed by atoms with E-state index in [1.54, 1.807) is 6.07 Å². The van der Waals surface area contributed by atoms with Gasteiger partial charge in [0.2, 0.25) is 0 Å². The summed E-state index contributed by atoms with van der Waals surface area (Å²) in [6.07, 6.45) is 0. The molecule has 0 fully saturated rings. The highest BCUT2D eigenvalue weighted by molar-refractivity contribution is 7.20. The Hall–Kier alpha value is -0.830. The molecule has 18 heavy (non-hydrogen) atoms. The fourth-order valence-electron chi connectivity index (χ4n) is 1.85. The van der Waals surface area contributed by atoms with Gasteiger partial charge in [0.05, 0.1) is 9.90 Å². The molecule has 1 heterocycles. The van der Waals surface area contributed by atoms with E-state index < -0.39 is 0 Å². The van der Waals surface area contributed by atoms with Crippen LogP contribution in [0.3, 0.4) is 0 Å². The Morgan fingerprint density at radius 2 is 1.56 bits per heavy atom. The van der Waals surface area contributed by atoms with Gasteiger partial charge in [0, 0.05) is 5.56 Å². The summed E-state index contributed by atoms with van der Waals surface area (Å²) < 4.78 is 0.979. The number of hydrogen-bond donors (Lipinski definition) is 0. The van der Waals surface area contributed by atoms with Crippen molar-refractivity contribution >= 4 is 40.3 Å². The Morgan fingerprint density at radius 3 is 2.11 bits per heavy atom. The molecule has 4 heteroatoms. The summed E-state index contributed by atoms with van der Waals surface area (Å²) in [5, 5.41) is 0. The number of aryl methyl sites for hydroxylation is 3. The summed E-state index contributed by atoms with van der Waals surface area (Å²) in [7, 11) is 0. The van der Waals surface area contributed by atoms with Crippen LogP contribution in [0.2, 0.25) is 8.67 Å². The van der Waals surface area contributed by atoms with Gasteiger partial charge in [-0.25, -0.2) is 0 Å². The minimum Gasteiger partial charge on any atom is -0.289 e. The first-order chi connectivity index (χ1) is 8.40. The lowest BCUT2D eigenvalue weighted by atomic mass is 9.96. The molecule has 2 rings (SSSR count). The van der Waals surface area contributed by atoms with E-state index in [-0.39, 0.29) is 5.78 Å². The molecule has 0 aliphatic heterocycles. The molecule has 0 unspecified atom stereocenters. The summed E-state index contributed by atoms with van der Waals surface area (Å²) in [6, 6.07) is 5.56. The van der Waals surface area contributed by atoms with Gasteiger partial charge >= 0.3 is 0 Å². The van der Waals surface area contributed by atoms with Crippen LogP contribution >= 0.6 is 34.5 Å². The molecule has 0 saturated carbocycles. The van der Waals surface area contributed by atoms with Crippen molar-refractivity contribution in [3.8, 4) is 0 Å². The zero-order chi connectivity index (χ0) is 13.4. The van der Waals surface area contributed by atoms with Crippen molar-refractivity contribution in [3.63, 3.8) is 0 Å². The normalized spacial score (nSPS) is 10.7. The highest BCUT2D eigenvalue weighted by Gasteiger charge is 2.18. The van der Waals surface area contributed by atoms with Crippen molar-refractivity contribution < 1.29 is 4.79 Å². The van der Waals surface area contributed by atoms with Gasteiger partial charge in [0.1, 0.15) is 4.34 Å². The molecule has 0 bridgehead atoms. The van der Waals surface area contributed by atoms with Crippen molar-refractivity contribution in [2.24, 2.45) is 0 Å². The number of hydrogen-bond acceptors (Lipinski definition) is 2. The standard InChI is InChI=1S/C14H12Cl2OS/c1-7-4-9(3)10(5-8(7)2)13(17)11-6-12(15)18-14(11)16/h4-6H,1-3H3. The Morgan fingerprint density at radius 1 is 0.944 bits per heavy atom. The molecule has 0 spiro atoms. The minimum absolute atomic E-state index is 0.0660. The molecule has 94 valence electrons. The number of benzene rings is 1. The van der Waals surface area contributed by atoms with Gasteiger partial charge in [-0.05, 0) is 49.6 Å². The topological polar surface area (TPSA) is 17.1 Å². The van der Waals surface area contributed by atoms with E-state index in [2.05, 4.69) is 0 Å². The average molecular weight is 299 g/mol. The van der Waals surface area contributed by atoms with Crippen molar-refractivity contribution in [3.05, 3.63) is 54.7 Å². The van der Waals surface area contributed by atoms with Gasteiger partial charge < -0.3 is 0 Å². The lowest BCUT2D eigenvalue weighted by Crippen LogP contribution is -2.04. The maximum Gasteiger partial charge on any atom is 0.195 e. The Balaban J connectivity index is 2.53. The molecule has 0 saturated heterocycles. The van der Waals surface area contributed by atoms with Crippen molar-refractivity contribution in [1.29, 1.82) is 0 Å². The average Bonchev–Trinajstić information content (AvgIpc) is 2.62. The molecule has 1 nitrogen and oxygen atoms in total. The smallest absolute Gasteiger partial charge is 0.195 e. The van der Waals surface area contributed by atoms with E-state index in [0.29, 0.717) is 19.8 Å². The SMILES string of the molecule is Cc1cc(C)c(C(=O)c2cc(Cl)sc2Cl)cc1C. The number of halogens is 2. The van der Waals surface area contributed by atoms with E-state index in [1.165, 1.54) is 16.9 Å². The van der Waals surface area contributed by atoms with Gasteiger partial charge in [0.15, 0.2) is 5.78 Å². The Bertz CT molecular complexity index is 629. The summed E-state index contributed by atoms with van der Waals surface area (Å²) in [4.78, 5) is 12.4. The largest absolute Gasteiger partial charge is 0.289 e. The first kappa shape index (κ1) is 13.6. The van der Waals surface area contributed by atoms with E-state index in [0.717, 1.165) is 11.1 Å². The van der Waals surface area contributed by atoms with E-state index >= 15 is 0 Å². The van der Waals surface area contributed by atoms with E-state index in [9.17, 15) is 4.79 Å². The molecule has 0 aliphatic carbocycles. The van der Waals surface area contributed by atoms with Crippen LogP contribution in [0.1, 0.15) is 32.6 Å². The van der Waals surface area contributed by atoms with E-state index in [1.807, 2.05) is 32.9 Å². The van der Waals surface area contributed by atoms with Crippen molar-refractivity contribution in [2.45, 2.75) is 20.8 Å². The summed E-state index contributed by atoms with van der Waals surface area (Å²) in [5.41, 5.74) is 4.41. The predicted octanol–water partition coefficient (Wildman–Crippen LogP) is 5.21. The quantitative estimate of drug-likeness (QED) is 0.696. The number of thiophene rings is 1. The third kappa shape index (κ3) is 2.46. The molecule has 0 radical (unpaired) electrons. The number of ketones is 1. The third-order valence-corrected chi connectivity index (χ3v) is 4.47. The lowest BCUT2D eigenvalue weighted by Gasteiger charge is -2.08. The first-order valence-electron chi connectivity index (χ1n) is 5.47. The molecule has 0 amide bonds. The maximum absolute atomic E-state index is 12.4. The van der Waals surface area contributed by atoms with Gasteiger partial charge in [0.25, 0.3) is 0 Å². The van der Waals surface area contributed by atoms with Crippen LogP contribution in [0.15, 0.2) is 18.2 Å². The van der Waals surface area contributed by atoms with Crippen LogP contribution < -0.4 is 0 Å². The van der Waals surface area contributed by atoms with Crippen LogP contribution in [0.5, 0.6) is 0 Å².